The Hall–Kier alpha value is -2.12. The van der Waals surface area contributed by atoms with Crippen LogP contribution in [0.25, 0.3) is 0 Å². The number of benzene rings is 1. The maximum absolute atomic E-state index is 12.9. The molecule has 0 aliphatic carbocycles. The van der Waals surface area contributed by atoms with Crippen molar-refractivity contribution in [2.75, 3.05) is 31.6 Å². The molecule has 1 saturated heterocycles. The minimum atomic E-state index is -0.313. The van der Waals surface area contributed by atoms with Crippen LogP contribution in [0.5, 0.6) is 0 Å². The largest absolute Gasteiger partial charge is 0.378 e. The minimum absolute atomic E-state index is 0.0242. The van der Waals surface area contributed by atoms with Gasteiger partial charge in [-0.15, -0.1) is 0 Å². The van der Waals surface area contributed by atoms with Gasteiger partial charge in [0.2, 0.25) is 0 Å². The van der Waals surface area contributed by atoms with Gasteiger partial charge < -0.3 is 26.0 Å². The van der Waals surface area contributed by atoms with Crippen LogP contribution in [0.2, 0.25) is 0 Å². The van der Waals surface area contributed by atoms with Gasteiger partial charge in [-0.1, -0.05) is 12.1 Å². The molecular formula is C19H30N4O3. The van der Waals surface area contributed by atoms with Gasteiger partial charge in [0.15, 0.2) is 0 Å². The number of para-hydroxylation sites is 1. The van der Waals surface area contributed by atoms with E-state index < -0.39 is 0 Å². The van der Waals surface area contributed by atoms with Crippen molar-refractivity contribution in [1.29, 1.82) is 0 Å². The van der Waals surface area contributed by atoms with Crippen molar-refractivity contribution in [3.05, 3.63) is 29.8 Å². The van der Waals surface area contributed by atoms with Gasteiger partial charge in [0.05, 0.1) is 17.4 Å². The van der Waals surface area contributed by atoms with Crippen LogP contribution in [0.1, 0.15) is 43.5 Å². The number of likely N-dealkylation sites (tertiary alicyclic amines) is 1. The molecule has 0 spiro atoms. The Morgan fingerprint density at radius 3 is 2.62 bits per heavy atom. The SMILES string of the molecule is CC(C)NC(=O)Nc1ccccc1C(=O)N1CCC(OCCCN)CC1. The van der Waals surface area contributed by atoms with Crippen molar-refractivity contribution in [1.82, 2.24) is 10.2 Å². The van der Waals surface area contributed by atoms with E-state index >= 15 is 0 Å². The number of rotatable bonds is 7. The number of hydrogen-bond acceptors (Lipinski definition) is 4. The fourth-order valence-corrected chi connectivity index (χ4v) is 2.93. The highest BCUT2D eigenvalue weighted by molar-refractivity contribution is 6.03. The van der Waals surface area contributed by atoms with E-state index in [9.17, 15) is 9.59 Å². The Labute approximate surface area is 155 Å². The van der Waals surface area contributed by atoms with Crippen LogP contribution < -0.4 is 16.4 Å². The van der Waals surface area contributed by atoms with Crippen LogP contribution in [0.15, 0.2) is 24.3 Å². The first-order valence-electron chi connectivity index (χ1n) is 9.28. The molecule has 2 rings (SSSR count). The van der Waals surface area contributed by atoms with Crippen molar-refractivity contribution < 1.29 is 14.3 Å². The molecule has 26 heavy (non-hydrogen) atoms. The number of ether oxygens (including phenoxy) is 1. The summed E-state index contributed by atoms with van der Waals surface area (Å²) in [6.45, 7) is 6.38. The highest BCUT2D eigenvalue weighted by Crippen LogP contribution is 2.21. The van der Waals surface area contributed by atoms with Crippen molar-refractivity contribution in [3.63, 3.8) is 0 Å². The maximum Gasteiger partial charge on any atom is 0.319 e. The normalized spacial score (nSPS) is 15.2. The van der Waals surface area contributed by atoms with Gasteiger partial charge in [-0.2, -0.15) is 0 Å². The summed E-state index contributed by atoms with van der Waals surface area (Å²) in [5.41, 5.74) is 6.51. The summed E-state index contributed by atoms with van der Waals surface area (Å²) in [6.07, 6.45) is 2.69. The first-order valence-corrected chi connectivity index (χ1v) is 9.28. The topological polar surface area (TPSA) is 96.7 Å². The average Bonchev–Trinajstić information content (AvgIpc) is 2.62. The number of carbonyl (C=O) groups excluding carboxylic acids is 2. The Morgan fingerprint density at radius 2 is 1.96 bits per heavy atom. The smallest absolute Gasteiger partial charge is 0.319 e. The van der Waals surface area contributed by atoms with Gasteiger partial charge in [-0.25, -0.2) is 4.79 Å². The standard InChI is InChI=1S/C19H30N4O3/c1-14(2)21-19(25)22-17-7-4-3-6-16(17)18(24)23-11-8-15(9-12-23)26-13-5-10-20/h3-4,6-7,14-15H,5,8-13,20H2,1-2H3,(H2,21,22,25). The molecule has 0 radical (unpaired) electrons. The lowest BCUT2D eigenvalue weighted by atomic mass is 10.1. The zero-order valence-electron chi connectivity index (χ0n) is 15.7. The van der Waals surface area contributed by atoms with E-state index in [4.69, 9.17) is 10.5 Å². The lowest BCUT2D eigenvalue weighted by Gasteiger charge is -2.32. The summed E-state index contributed by atoms with van der Waals surface area (Å²) in [5, 5.41) is 5.54. The molecule has 144 valence electrons. The first kappa shape index (κ1) is 20.2. The van der Waals surface area contributed by atoms with E-state index in [1.807, 2.05) is 18.7 Å². The summed E-state index contributed by atoms with van der Waals surface area (Å²) in [5.74, 6) is -0.0640. The van der Waals surface area contributed by atoms with Crippen molar-refractivity contribution in [2.45, 2.75) is 45.3 Å². The number of nitrogens with two attached hydrogens (primary N) is 1. The molecule has 0 unspecified atom stereocenters. The molecule has 0 bridgehead atoms. The summed E-state index contributed by atoms with van der Waals surface area (Å²) >= 11 is 0. The van der Waals surface area contributed by atoms with Gasteiger partial charge in [0, 0.05) is 25.7 Å². The van der Waals surface area contributed by atoms with Gasteiger partial charge >= 0.3 is 6.03 Å². The number of anilines is 1. The first-order chi connectivity index (χ1) is 12.5. The second kappa shape index (κ2) is 10.1. The maximum atomic E-state index is 12.9. The third-order valence-corrected chi connectivity index (χ3v) is 4.26. The molecule has 1 aromatic rings. The number of hydrogen-bond donors (Lipinski definition) is 3. The summed E-state index contributed by atoms with van der Waals surface area (Å²) in [4.78, 5) is 26.7. The molecule has 4 N–H and O–H groups in total. The quantitative estimate of drug-likeness (QED) is 0.648. The summed E-state index contributed by atoms with van der Waals surface area (Å²) in [6, 6.07) is 6.82. The molecule has 1 heterocycles. The number of carbonyl (C=O) groups is 2. The molecule has 7 nitrogen and oxygen atoms in total. The number of nitrogens with zero attached hydrogens (tertiary/aromatic N) is 1. The molecule has 1 aliphatic rings. The molecule has 1 fully saturated rings. The number of nitrogens with one attached hydrogen (secondary N) is 2. The van der Waals surface area contributed by atoms with Crippen LogP contribution in [-0.4, -0.2) is 55.2 Å². The van der Waals surface area contributed by atoms with Crippen LogP contribution in [0.4, 0.5) is 10.5 Å². The van der Waals surface area contributed by atoms with Crippen molar-refractivity contribution >= 4 is 17.6 Å². The second-order valence-electron chi connectivity index (χ2n) is 6.80. The van der Waals surface area contributed by atoms with E-state index in [-0.39, 0.29) is 24.1 Å². The van der Waals surface area contributed by atoms with Crippen LogP contribution in [0.3, 0.4) is 0 Å². The molecule has 1 aliphatic heterocycles. The predicted molar refractivity (Wildman–Crippen MR) is 102 cm³/mol. The molecule has 7 heteroatoms. The Morgan fingerprint density at radius 1 is 1.27 bits per heavy atom. The highest BCUT2D eigenvalue weighted by Gasteiger charge is 2.25. The molecule has 3 amide bonds. The van der Waals surface area contributed by atoms with Gasteiger partial charge in [0.1, 0.15) is 0 Å². The van der Waals surface area contributed by atoms with Crippen molar-refractivity contribution in [2.24, 2.45) is 5.73 Å². The zero-order valence-corrected chi connectivity index (χ0v) is 15.7. The molecule has 0 saturated carbocycles. The zero-order chi connectivity index (χ0) is 18.9. The summed E-state index contributed by atoms with van der Waals surface area (Å²) in [7, 11) is 0. The van der Waals surface area contributed by atoms with E-state index in [2.05, 4.69) is 10.6 Å². The second-order valence-corrected chi connectivity index (χ2v) is 6.80. The minimum Gasteiger partial charge on any atom is -0.378 e. The van der Waals surface area contributed by atoms with Crippen LogP contribution in [-0.2, 0) is 4.74 Å². The van der Waals surface area contributed by atoms with E-state index in [1.54, 1.807) is 24.3 Å². The molecular weight excluding hydrogens is 332 g/mol. The Kier molecular flexibility index (Phi) is 7.87. The van der Waals surface area contributed by atoms with Gasteiger partial charge in [-0.05, 0) is 51.8 Å². The fourth-order valence-electron chi connectivity index (χ4n) is 2.93. The molecule has 0 atom stereocenters. The molecule has 0 aromatic heterocycles. The van der Waals surface area contributed by atoms with E-state index in [0.717, 1.165) is 19.3 Å². The monoisotopic (exact) mass is 362 g/mol. The third kappa shape index (κ3) is 6.00. The van der Waals surface area contributed by atoms with Gasteiger partial charge in [-0.3, -0.25) is 4.79 Å². The lowest BCUT2D eigenvalue weighted by Crippen LogP contribution is -2.41. The number of amides is 3. The molecule has 1 aromatic carbocycles. The van der Waals surface area contributed by atoms with Crippen LogP contribution in [0, 0.1) is 0 Å². The summed E-state index contributed by atoms with van der Waals surface area (Å²) < 4.78 is 5.79. The number of urea groups is 1. The van der Waals surface area contributed by atoms with Gasteiger partial charge in [0.25, 0.3) is 5.91 Å². The highest BCUT2D eigenvalue weighted by atomic mass is 16.5. The van der Waals surface area contributed by atoms with E-state index in [1.165, 1.54) is 0 Å². The lowest BCUT2D eigenvalue weighted by molar-refractivity contribution is 0.00847. The van der Waals surface area contributed by atoms with Crippen molar-refractivity contribution in [3.8, 4) is 0 Å². The third-order valence-electron chi connectivity index (χ3n) is 4.26. The average molecular weight is 362 g/mol. The Balaban J connectivity index is 1.94. The van der Waals surface area contributed by atoms with Crippen LogP contribution >= 0.6 is 0 Å². The predicted octanol–water partition coefficient (Wildman–Crippen LogP) is 2.19. The van der Waals surface area contributed by atoms with E-state index in [0.29, 0.717) is 37.5 Å². The number of piperidine rings is 1. The fraction of sp³-hybridized carbons (Fsp3) is 0.579. The Bertz CT molecular complexity index is 598.